The minimum Gasteiger partial charge on any atom is -0.356 e. The molecule has 0 unspecified atom stereocenters. The molecule has 0 aliphatic carbocycles. The molecule has 1 aromatic rings. The smallest absolute Gasteiger partial charge is 0.193 e. The molecule has 2 heterocycles. The summed E-state index contributed by atoms with van der Waals surface area (Å²) in [6.45, 7) is 6.39. The molecule has 2 rings (SSSR count). The topological polar surface area (TPSA) is 30.9 Å². The molecule has 0 saturated carbocycles. The molecule has 0 amide bonds. The first-order valence-corrected chi connectivity index (χ1v) is 11.1. The van der Waals surface area contributed by atoms with E-state index in [1.54, 1.807) is 0 Å². The van der Waals surface area contributed by atoms with Crippen LogP contribution in [0.3, 0.4) is 0 Å². The van der Waals surface area contributed by atoms with Crippen LogP contribution in [0.1, 0.15) is 17.7 Å². The predicted molar refractivity (Wildman–Crippen MR) is 123 cm³/mol. The summed E-state index contributed by atoms with van der Waals surface area (Å²) in [7, 11) is 1.89. The lowest BCUT2D eigenvalue weighted by molar-refractivity contribution is 0.174. The number of guanidine groups is 1. The van der Waals surface area contributed by atoms with Gasteiger partial charge in [-0.1, -0.05) is 0 Å². The van der Waals surface area contributed by atoms with Crippen LogP contribution < -0.4 is 5.32 Å². The van der Waals surface area contributed by atoms with Crippen molar-refractivity contribution in [3.63, 3.8) is 0 Å². The average molecular weight is 547 g/mol. The Bertz CT molecular complexity index is 490. The van der Waals surface area contributed by atoms with E-state index in [-0.39, 0.29) is 24.0 Å². The van der Waals surface area contributed by atoms with Crippen molar-refractivity contribution >= 4 is 69.0 Å². The summed E-state index contributed by atoms with van der Waals surface area (Å²) < 4.78 is 1.22. The van der Waals surface area contributed by atoms with Crippen molar-refractivity contribution in [1.82, 2.24) is 15.1 Å². The molecule has 8 heteroatoms. The molecule has 0 bridgehead atoms. The Morgan fingerprint density at radius 1 is 1.29 bits per heavy atom. The molecule has 1 aliphatic heterocycles. The van der Waals surface area contributed by atoms with Crippen LogP contribution in [0.2, 0.25) is 0 Å². The Morgan fingerprint density at radius 3 is 2.62 bits per heavy atom. The highest BCUT2D eigenvalue weighted by Crippen LogP contribution is 2.23. The fourth-order valence-electron chi connectivity index (χ4n) is 2.68. The van der Waals surface area contributed by atoms with Gasteiger partial charge in [-0.25, -0.2) is 0 Å². The van der Waals surface area contributed by atoms with Gasteiger partial charge in [-0.05, 0) is 52.9 Å². The van der Waals surface area contributed by atoms with E-state index in [1.807, 2.05) is 30.1 Å². The Kier molecular flexibility index (Phi) is 12.0. The van der Waals surface area contributed by atoms with Gasteiger partial charge in [0.2, 0.25) is 0 Å². The first-order chi connectivity index (χ1) is 11.2. The minimum absolute atomic E-state index is 0. The van der Waals surface area contributed by atoms with Crippen LogP contribution in [-0.4, -0.2) is 67.5 Å². The van der Waals surface area contributed by atoms with Gasteiger partial charge >= 0.3 is 0 Å². The maximum atomic E-state index is 4.45. The lowest BCUT2D eigenvalue weighted by Gasteiger charge is -2.36. The average Bonchev–Trinajstić information content (AvgIpc) is 2.97. The number of rotatable bonds is 7. The molecule has 0 spiro atoms. The van der Waals surface area contributed by atoms with E-state index in [4.69, 9.17) is 0 Å². The van der Waals surface area contributed by atoms with E-state index in [9.17, 15) is 0 Å². The molecule has 0 radical (unpaired) electrons. The van der Waals surface area contributed by atoms with Crippen LogP contribution in [0.25, 0.3) is 0 Å². The number of nitrogens with zero attached hydrogens (tertiary/aromatic N) is 3. The predicted octanol–water partition coefficient (Wildman–Crippen LogP) is 3.96. The second-order valence-electron chi connectivity index (χ2n) is 5.64. The Hall–Kier alpha value is 0.490. The van der Waals surface area contributed by atoms with Gasteiger partial charge < -0.3 is 10.2 Å². The molecule has 1 fully saturated rings. The summed E-state index contributed by atoms with van der Waals surface area (Å²) >= 11 is 7.30. The molecule has 24 heavy (non-hydrogen) atoms. The van der Waals surface area contributed by atoms with Gasteiger partial charge in [-0.2, -0.15) is 11.8 Å². The highest BCUT2D eigenvalue weighted by atomic mass is 127. The van der Waals surface area contributed by atoms with Gasteiger partial charge in [-0.15, -0.1) is 35.3 Å². The fourth-order valence-corrected chi connectivity index (χ4v) is 4.70. The number of unbranched alkanes of at least 4 members (excludes halogenated alkanes) is 1. The van der Waals surface area contributed by atoms with Gasteiger partial charge in [0.1, 0.15) is 0 Å². The van der Waals surface area contributed by atoms with Crippen LogP contribution in [-0.2, 0) is 6.54 Å². The van der Waals surface area contributed by atoms with E-state index >= 15 is 0 Å². The summed E-state index contributed by atoms with van der Waals surface area (Å²) in [6.07, 6.45) is 4.66. The lowest BCUT2D eigenvalue weighted by atomic mass is 10.3. The Labute approximate surface area is 180 Å². The summed E-state index contributed by atoms with van der Waals surface area (Å²) in [6, 6.07) is 4.36. The largest absolute Gasteiger partial charge is 0.356 e. The molecule has 1 aliphatic rings. The number of piperazine rings is 1. The SMILES string of the molecule is CN=C(NCCCCSC)N1CCN(Cc2ccc(Br)s2)CC1.I. The number of hydrogen-bond donors (Lipinski definition) is 1. The third-order valence-corrected chi connectivity index (χ3v) is 6.26. The molecule has 1 N–H and O–H groups in total. The van der Waals surface area contributed by atoms with E-state index in [0.29, 0.717) is 0 Å². The fraction of sp³-hybridized carbons (Fsp3) is 0.688. The lowest BCUT2D eigenvalue weighted by Crippen LogP contribution is -2.52. The maximum Gasteiger partial charge on any atom is 0.193 e. The van der Waals surface area contributed by atoms with Crippen molar-refractivity contribution in [1.29, 1.82) is 0 Å². The van der Waals surface area contributed by atoms with E-state index in [2.05, 4.69) is 54.4 Å². The van der Waals surface area contributed by atoms with Gasteiger partial charge in [0, 0.05) is 51.2 Å². The second kappa shape index (κ2) is 12.8. The quantitative estimate of drug-likeness (QED) is 0.243. The van der Waals surface area contributed by atoms with E-state index in [1.165, 1.54) is 27.3 Å². The molecule has 0 atom stereocenters. The van der Waals surface area contributed by atoms with Crippen LogP contribution in [0.15, 0.2) is 20.9 Å². The summed E-state index contributed by atoms with van der Waals surface area (Å²) in [5.74, 6) is 2.31. The minimum atomic E-state index is 0. The van der Waals surface area contributed by atoms with Crippen molar-refractivity contribution < 1.29 is 0 Å². The third-order valence-electron chi connectivity index (χ3n) is 3.95. The van der Waals surface area contributed by atoms with Crippen molar-refractivity contribution in [3.8, 4) is 0 Å². The summed E-state index contributed by atoms with van der Waals surface area (Å²) in [5.41, 5.74) is 0. The molecular weight excluding hydrogens is 519 g/mol. The number of aliphatic imine (C=N–C) groups is 1. The van der Waals surface area contributed by atoms with Crippen LogP contribution in [0.4, 0.5) is 0 Å². The molecule has 1 saturated heterocycles. The van der Waals surface area contributed by atoms with Gasteiger partial charge in [0.25, 0.3) is 0 Å². The Morgan fingerprint density at radius 2 is 2.04 bits per heavy atom. The van der Waals surface area contributed by atoms with Gasteiger partial charge in [0.15, 0.2) is 5.96 Å². The number of halogens is 2. The first kappa shape index (κ1) is 22.5. The third kappa shape index (κ3) is 7.80. The summed E-state index contributed by atoms with van der Waals surface area (Å²) in [5, 5.41) is 3.51. The van der Waals surface area contributed by atoms with Crippen LogP contribution >= 0.6 is 63.0 Å². The zero-order valence-electron chi connectivity index (χ0n) is 14.5. The molecule has 4 nitrogen and oxygen atoms in total. The van der Waals surface area contributed by atoms with Gasteiger partial charge in [0.05, 0.1) is 3.79 Å². The zero-order chi connectivity index (χ0) is 16.5. The zero-order valence-corrected chi connectivity index (χ0v) is 20.0. The van der Waals surface area contributed by atoms with Crippen molar-refractivity contribution in [2.75, 3.05) is 51.8 Å². The molecule has 0 aromatic carbocycles. The van der Waals surface area contributed by atoms with Gasteiger partial charge in [-0.3, -0.25) is 9.89 Å². The second-order valence-corrected chi connectivity index (χ2v) is 9.18. The highest BCUT2D eigenvalue weighted by molar-refractivity contribution is 14.0. The molecule has 138 valence electrons. The van der Waals surface area contributed by atoms with E-state index < -0.39 is 0 Å². The molecule has 1 aromatic heterocycles. The Balaban J connectivity index is 0.00000288. The van der Waals surface area contributed by atoms with Crippen LogP contribution in [0, 0.1) is 0 Å². The van der Waals surface area contributed by atoms with Crippen molar-refractivity contribution in [2.45, 2.75) is 19.4 Å². The monoisotopic (exact) mass is 546 g/mol. The molecular formula is C16H28BrIN4S2. The van der Waals surface area contributed by atoms with Crippen molar-refractivity contribution in [3.05, 3.63) is 20.8 Å². The normalized spacial score (nSPS) is 16.1. The van der Waals surface area contributed by atoms with Crippen LogP contribution in [0.5, 0.6) is 0 Å². The standard InChI is InChI=1S/C16H27BrN4S2.HI/c1-18-16(19-7-3-4-12-22-2)21-10-8-20(9-11-21)13-14-5-6-15(17)23-14;/h5-6H,3-4,7-13H2,1-2H3,(H,18,19);1H. The number of thiophene rings is 1. The van der Waals surface area contributed by atoms with E-state index in [0.717, 1.165) is 45.2 Å². The number of nitrogens with one attached hydrogen (secondary N) is 1. The number of hydrogen-bond acceptors (Lipinski definition) is 4. The maximum absolute atomic E-state index is 4.45. The first-order valence-electron chi connectivity index (χ1n) is 8.14. The number of thioether (sulfide) groups is 1. The summed E-state index contributed by atoms with van der Waals surface area (Å²) in [4.78, 5) is 10.8. The van der Waals surface area contributed by atoms with Crippen molar-refractivity contribution in [2.24, 2.45) is 4.99 Å². The highest BCUT2D eigenvalue weighted by Gasteiger charge is 2.19.